The largest absolute Gasteiger partial charge is 0.384 e. The minimum absolute atomic E-state index is 0.529. The zero-order valence-electron chi connectivity index (χ0n) is 10.4. The van der Waals surface area contributed by atoms with Gasteiger partial charge in [0.25, 0.3) is 0 Å². The predicted molar refractivity (Wildman–Crippen MR) is 79.0 cm³/mol. The summed E-state index contributed by atoms with van der Waals surface area (Å²) in [5, 5.41) is 1.65. The summed E-state index contributed by atoms with van der Waals surface area (Å²) in [6.45, 7) is 2.11. The second-order valence-corrected chi connectivity index (χ2v) is 5.60. The fraction of sp³-hybridized carbons (Fsp3) is 0.231. The van der Waals surface area contributed by atoms with Gasteiger partial charge in [-0.15, -0.1) is 11.8 Å². The normalized spacial score (nSPS) is 10.6. The molecule has 94 valence electrons. The van der Waals surface area contributed by atoms with Crippen molar-refractivity contribution < 1.29 is 0 Å². The third-order valence-corrected chi connectivity index (χ3v) is 4.05. The molecule has 0 spiro atoms. The molecule has 0 saturated carbocycles. The van der Waals surface area contributed by atoms with E-state index in [1.165, 1.54) is 11.1 Å². The molecule has 0 unspecified atom stereocenters. The first-order valence-electron chi connectivity index (χ1n) is 5.55. The zero-order valence-corrected chi connectivity index (χ0v) is 12.0. The second kappa shape index (κ2) is 6.11. The van der Waals surface area contributed by atoms with Crippen LogP contribution in [-0.4, -0.2) is 16.2 Å². The van der Waals surface area contributed by atoms with E-state index in [-0.39, 0.29) is 0 Å². The van der Waals surface area contributed by atoms with Gasteiger partial charge in [-0.2, -0.15) is 0 Å². The van der Waals surface area contributed by atoms with Gasteiger partial charge < -0.3 is 5.73 Å². The van der Waals surface area contributed by atoms with Crippen LogP contribution in [0.1, 0.15) is 11.1 Å². The summed E-state index contributed by atoms with van der Waals surface area (Å²) in [5.41, 5.74) is 8.35. The van der Waals surface area contributed by atoms with E-state index < -0.39 is 0 Å². The summed E-state index contributed by atoms with van der Waals surface area (Å²) >= 11 is 3.19. The van der Waals surface area contributed by atoms with E-state index in [0.29, 0.717) is 5.82 Å². The lowest BCUT2D eigenvalue weighted by atomic mass is 10.1. The van der Waals surface area contributed by atoms with Crippen molar-refractivity contribution in [1.82, 2.24) is 9.97 Å². The van der Waals surface area contributed by atoms with Crippen LogP contribution in [0.2, 0.25) is 0 Å². The first-order valence-corrected chi connectivity index (χ1v) is 7.76. The molecule has 3 nitrogen and oxygen atoms in total. The molecule has 0 atom stereocenters. The first kappa shape index (κ1) is 13.2. The molecule has 0 fully saturated rings. The maximum Gasteiger partial charge on any atom is 0.190 e. The highest BCUT2D eigenvalue weighted by molar-refractivity contribution is 7.99. The van der Waals surface area contributed by atoms with Gasteiger partial charge in [0.15, 0.2) is 5.16 Å². The van der Waals surface area contributed by atoms with Crippen LogP contribution >= 0.6 is 23.5 Å². The Balaban J connectivity index is 2.11. The van der Waals surface area contributed by atoms with Gasteiger partial charge in [-0.3, -0.25) is 0 Å². The SMILES string of the molecule is CSc1cc(N)nc(SCc2ccccc2C)n1. The van der Waals surface area contributed by atoms with Crippen LogP contribution in [0.25, 0.3) is 0 Å². The van der Waals surface area contributed by atoms with Crippen LogP contribution in [0.3, 0.4) is 0 Å². The Labute approximate surface area is 116 Å². The lowest BCUT2D eigenvalue weighted by molar-refractivity contribution is 0.900. The molecule has 0 aliphatic carbocycles. The molecule has 18 heavy (non-hydrogen) atoms. The van der Waals surface area contributed by atoms with Crippen LogP contribution in [0.5, 0.6) is 0 Å². The van der Waals surface area contributed by atoms with E-state index in [4.69, 9.17) is 5.73 Å². The summed E-state index contributed by atoms with van der Waals surface area (Å²) in [7, 11) is 0. The number of aromatic nitrogens is 2. The smallest absolute Gasteiger partial charge is 0.190 e. The molecule has 2 aromatic rings. The Hall–Kier alpha value is -1.20. The Morgan fingerprint density at radius 3 is 2.72 bits per heavy atom. The molecule has 5 heteroatoms. The molecule has 0 bridgehead atoms. The molecule has 0 aliphatic heterocycles. The number of aryl methyl sites for hydroxylation is 1. The number of nitrogens with two attached hydrogens (primary N) is 1. The Morgan fingerprint density at radius 2 is 2.00 bits per heavy atom. The number of nitrogens with zero attached hydrogens (tertiary/aromatic N) is 2. The minimum Gasteiger partial charge on any atom is -0.384 e. The maximum absolute atomic E-state index is 5.76. The number of anilines is 1. The van der Waals surface area contributed by atoms with Crippen molar-refractivity contribution in [3.63, 3.8) is 0 Å². The molecule has 0 radical (unpaired) electrons. The molecular weight excluding hydrogens is 262 g/mol. The number of rotatable bonds is 4. The maximum atomic E-state index is 5.76. The lowest BCUT2D eigenvalue weighted by Crippen LogP contribution is -1.96. The van der Waals surface area contributed by atoms with Gasteiger partial charge in [0.2, 0.25) is 0 Å². The second-order valence-electron chi connectivity index (χ2n) is 3.83. The van der Waals surface area contributed by atoms with Crippen molar-refractivity contribution in [2.24, 2.45) is 0 Å². The van der Waals surface area contributed by atoms with E-state index in [1.807, 2.05) is 12.3 Å². The fourth-order valence-electron chi connectivity index (χ4n) is 1.50. The first-order chi connectivity index (χ1) is 8.69. The van der Waals surface area contributed by atoms with Gasteiger partial charge >= 0.3 is 0 Å². The number of nitrogen functional groups attached to an aromatic ring is 1. The highest BCUT2D eigenvalue weighted by atomic mass is 32.2. The Kier molecular flexibility index (Phi) is 4.49. The van der Waals surface area contributed by atoms with E-state index in [1.54, 1.807) is 29.6 Å². The molecule has 2 N–H and O–H groups in total. The average molecular weight is 277 g/mol. The van der Waals surface area contributed by atoms with E-state index in [0.717, 1.165) is 15.9 Å². The van der Waals surface area contributed by atoms with E-state index in [9.17, 15) is 0 Å². The summed E-state index contributed by atoms with van der Waals surface area (Å²) in [6, 6.07) is 10.1. The molecule has 0 amide bonds. The van der Waals surface area contributed by atoms with Gasteiger partial charge in [-0.1, -0.05) is 36.0 Å². The molecule has 0 aliphatic rings. The van der Waals surface area contributed by atoms with Gasteiger partial charge in [-0.25, -0.2) is 9.97 Å². The third kappa shape index (κ3) is 3.40. The van der Waals surface area contributed by atoms with Crippen molar-refractivity contribution in [3.8, 4) is 0 Å². The van der Waals surface area contributed by atoms with Crippen LogP contribution < -0.4 is 5.73 Å². The van der Waals surface area contributed by atoms with Crippen LogP contribution in [0, 0.1) is 6.92 Å². The van der Waals surface area contributed by atoms with Crippen molar-refractivity contribution in [3.05, 3.63) is 41.5 Å². The Morgan fingerprint density at radius 1 is 1.22 bits per heavy atom. The van der Waals surface area contributed by atoms with Crippen molar-refractivity contribution in [2.45, 2.75) is 22.9 Å². The predicted octanol–water partition coefficient (Wildman–Crippen LogP) is 3.38. The summed E-state index contributed by atoms with van der Waals surface area (Å²) in [5.74, 6) is 1.39. The topological polar surface area (TPSA) is 51.8 Å². The van der Waals surface area contributed by atoms with E-state index in [2.05, 4.69) is 35.1 Å². The number of thioether (sulfide) groups is 2. The van der Waals surface area contributed by atoms with Gasteiger partial charge in [0.1, 0.15) is 10.8 Å². The third-order valence-electron chi connectivity index (χ3n) is 2.53. The molecular formula is C13H15N3S2. The monoisotopic (exact) mass is 277 g/mol. The number of hydrogen-bond acceptors (Lipinski definition) is 5. The zero-order chi connectivity index (χ0) is 13.0. The minimum atomic E-state index is 0.529. The number of hydrogen-bond donors (Lipinski definition) is 1. The fourth-order valence-corrected chi connectivity index (χ4v) is 2.92. The summed E-state index contributed by atoms with van der Waals surface area (Å²) in [6.07, 6.45) is 1.98. The molecule has 1 aromatic heterocycles. The van der Waals surface area contributed by atoms with Crippen LogP contribution in [0.4, 0.5) is 5.82 Å². The summed E-state index contributed by atoms with van der Waals surface area (Å²) in [4.78, 5) is 8.67. The quantitative estimate of drug-likeness (QED) is 0.527. The van der Waals surface area contributed by atoms with Gasteiger partial charge in [-0.05, 0) is 24.3 Å². The van der Waals surface area contributed by atoms with Crippen molar-refractivity contribution in [2.75, 3.05) is 12.0 Å². The average Bonchev–Trinajstić information content (AvgIpc) is 2.37. The molecule has 1 heterocycles. The van der Waals surface area contributed by atoms with Crippen molar-refractivity contribution in [1.29, 1.82) is 0 Å². The van der Waals surface area contributed by atoms with Gasteiger partial charge in [0.05, 0.1) is 0 Å². The highest BCUT2D eigenvalue weighted by Crippen LogP contribution is 2.24. The standard InChI is InChI=1S/C13H15N3S2/c1-9-5-3-4-6-10(9)8-18-13-15-11(14)7-12(16-13)17-2/h3-7H,8H2,1-2H3,(H2,14,15,16). The number of benzene rings is 1. The lowest BCUT2D eigenvalue weighted by Gasteiger charge is -2.06. The van der Waals surface area contributed by atoms with Crippen LogP contribution in [-0.2, 0) is 5.75 Å². The van der Waals surface area contributed by atoms with Crippen LogP contribution in [0.15, 0.2) is 40.5 Å². The Bertz CT molecular complexity index is 544. The summed E-state index contributed by atoms with van der Waals surface area (Å²) < 4.78 is 0. The molecule has 2 rings (SSSR count). The molecule has 1 aromatic carbocycles. The highest BCUT2D eigenvalue weighted by Gasteiger charge is 2.04. The molecule has 0 saturated heterocycles. The van der Waals surface area contributed by atoms with Crippen molar-refractivity contribution >= 4 is 29.3 Å². The van der Waals surface area contributed by atoms with Gasteiger partial charge in [0, 0.05) is 11.8 Å². The van der Waals surface area contributed by atoms with E-state index >= 15 is 0 Å².